The second-order valence-corrected chi connectivity index (χ2v) is 4.89. The Kier molecular flexibility index (Phi) is 3.74. The van der Waals surface area contributed by atoms with Crippen molar-refractivity contribution in [1.82, 2.24) is 9.97 Å². The summed E-state index contributed by atoms with van der Waals surface area (Å²) >= 11 is 1.72. The first kappa shape index (κ1) is 12.0. The van der Waals surface area contributed by atoms with Crippen molar-refractivity contribution in [2.75, 3.05) is 12.4 Å². The third-order valence-corrected chi connectivity index (χ3v) is 3.53. The summed E-state index contributed by atoms with van der Waals surface area (Å²) in [5.41, 5.74) is 2.18. The summed E-state index contributed by atoms with van der Waals surface area (Å²) in [7, 11) is 1.91. The fraction of sp³-hybridized carbons (Fsp3) is 0.385. The Hall–Kier alpha value is -1.42. The molecule has 0 atom stereocenters. The molecule has 2 aromatic heterocycles. The van der Waals surface area contributed by atoms with Gasteiger partial charge in [-0.1, -0.05) is 13.0 Å². The third kappa shape index (κ3) is 2.47. The van der Waals surface area contributed by atoms with E-state index in [1.54, 1.807) is 11.3 Å². The molecule has 0 aliphatic carbocycles. The highest BCUT2D eigenvalue weighted by Crippen LogP contribution is 2.29. The molecule has 3 nitrogen and oxygen atoms in total. The van der Waals surface area contributed by atoms with E-state index < -0.39 is 0 Å². The van der Waals surface area contributed by atoms with Gasteiger partial charge in [-0.2, -0.15) is 0 Å². The summed E-state index contributed by atoms with van der Waals surface area (Å²) in [6, 6.07) is 4.16. The molecule has 0 aliphatic heterocycles. The number of nitrogens with zero attached hydrogens (tertiary/aromatic N) is 2. The van der Waals surface area contributed by atoms with Crippen molar-refractivity contribution >= 4 is 17.2 Å². The molecule has 0 saturated carbocycles. The molecule has 0 bridgehead atoms. The van der Waals surface area contributed by atoms with E-state index in [1.165, 1.54) is 4.88 Å². The van der Waals surface area contributed by atoms with E-state index in [4.69, 9.17) is 0 Å². The van der Waals surface area contributed by atoms with Crippen LogP contribution in [-0.2, 0) is 6.42 Å². The Labute approximate surface area is 106 Å². The second kappa shape index (κ2) is 5.27. The van der Waals surface area contributed by atoms with E-state index in [9.17, 15) is 0 Å². The minimum Gasteiger partial charge on any atom is -0.373 e. The molecular formula is C13H17N3S. The number of rotatable bonds is 4. The Morgan fingerprint density at radius 2 is 2.18 bits per heavy atom. The maximum Gasteiger partial charge on any atom is 0.133 e. The van der Waals surface area contributed by atoms with E-state index in [1.807, 2.05) is 7.05 Å². The van der Waals surface area contributed by atoms with Crippen LogP contribution in [0.2, 0.25) is 0 Å². The molecule has 0 amide bonds. The van der Waals surface area contributed by atoms with Gasteiger partial charge in [-0.25, -0.2) is 9.97 Å². The van der Waals surface area contributed by atoms with Crippen LogP contribution in [0.25, 0.3) is 10.6 Å². The molecule has 17 heavy (non-hydrogen) atoms. The summed E-state index contributed by atoms with van der Waals surface area (Å²) in [4.78, 5) is 10.4. The van der Waals surface area contributed by atoms with Crippen LogP contribution in [0, 0.1) is 6.92 Å². The van der Waals surface area contributed by atoms with Gasteiger partial charge in [0.15, 0.2) is 0 Å². The summed E-state index contributed by atoms with van der Waals surface area (Å²) < 4.78 is 0. The van der Waals surface area contributed by atoms with Crippen LogP contribution in [0.1, 0.15) is 24.7 Å². The minimum absolute atomic E-state index is 0.922. The maximum atomic E-state index is 4.67. The lowest BCUT2D eigenvalue weighted by atomic mass is 10.2. The lowest BCUT2D eigenvalue weighted by Crippen LogP contribution is -2.04. The standard InChI is InChI=1S/C13H17N3S/c1-4-6-11-15-12(10-7-5-8-17-10)9(2)13(14-3)16-11/h5,7-8H,4,6H2,1-3H3,(H,14,15,16). The predicted octanol–water partition coefficient (Wildman–Crippen LogP) is 3.51. The number of hydrogen-bond donors (Lipinski definition) is 1. The lowest BCUT2D eigenvalue weighted by Gasteiger charge is -2.10. The van der Waals surface area contributed by atoms with Gasteiger partial charge in [-0.15, -0.1) is 11.3 Å². The summed E-state index contributed by atoms with van der Waals surface area (Å²) in [6.45, 7) is 4.21. The van der Waals surface area contributed by atoms with Gasteiger partial charge in [0.1, 0.15) is 11.6 Å². The first-order chi connectivity index (χ1) is 8.26. The van der Waals surface area contributed by atoms with Crippen molar-refractivity contribution in [3.63, 3.8) is 0 Å². The zero-order valence-electron chi connectivity index (χ0n) is 10.4. The quantitative estimate of drug-likeness (QED) is 0.898. The molecule has 0 aromatic carbocycles. The maximum absolute atomic E-state index is 4.67. The zero-order chi connectivity index (χ0) is 12.3. The Morgan fingerprint density at radius 1 is 1.35 bits per heavy atom. The van der Waals surface area contributed by atoms with Gasteiger partial charge >= 0.3 is 0 Å². The molecule has 0 saturated heterocycles. The Bertz CT molecular complexity index is 492. The zero-order valence-corrected chi connectivity index (χ0v) is 11.3. The average molecular weight is 247 g/mol. The van der Waals surface area contributed by atoms with Gasteiger partial charge in [0.2, 0.25) is 0 Å². The fourth-order valence-electron chi connectivity index (χ4n) is 1.79. The Morgan fingerprint density at radius 3 is 2.76 bits per heavy atom. The van der Waals surface area contributed by atoms with Crippen molar-refractivity contribution in [3.8, 4) is 10.6 Å². The second-order valence-electron chi connectivity index (χ2n) is 3.94. The van der Waals surface area contributed by atoms with Crippen molar-refractivity contribution < 1.29 is 0 Å². The monoisotopic (exact) mass is 247 g/mol. The molecular weight excluding hydrogens is 230 g/mol. The first-order valence-corrected chi connectivity index (χ1v) is 6.73. The van der Waals surface area contributed by atoms with Gasteiger partial charge in [0.25, 0.3) is 0 Å². The average Bonchev–Trinajstić information content (AvgIpc) is 2.85. The molecule has 0 radical (unpaired) electrons. The largest absolute Gasteiger partial charge is 0.373 e. The lowest BCUT2D eigenvalue weighted by molar-refractivity contribution is 0.835. The fourth-order valence-corrected chi connectivity index (χ4v) is 2.57. The van der Waals surface area contributed by atoms with Crippen LogP contribution in [0.5, 0.6) is 0 Å². The SMILES string of the molecule is CCCc1nc(NC)c(C)c(-c2cccs2)n1. The highest BCUT2D eigenvalue weighted by atomic mass is 32.1. The van der Waals surface area contributed by atoms with Crippen molar-refractivity contribution in [1.29, 1.82) is 0 Å². The van der Waals surface area contributed by atoms with Gasteiger partial charge in [0.05, 0.1) is 10.6 Å². The number of thiophene rings is 1. The van der Waals surface area contributed by atoms with Crippen LogP contribution in [-0.4, -0.2) is 17.0 Å². The van der Waals surface area contributed by atoms with E-state index >= 15 is 0 Å². The Balaban J connectivity index is 2.53. The van der Waals surface area contributed by atoms with E-state index in [2.05, 4.69) is 46.6 Å². The molecule has 90 valence electrons. The van der Waals surface area contributed by atoms with Crippen LogP contribution >= 0.6 is 11.3 Å². The third-order valence-electron chi connectivity index (χ3n) is 2.66. The van der Waals surface area contributed by atoms with Crippen molar-refractivity contribution in [2.45, 2.75) is 26.7 Å². The molecule has 2 aromatic rings. The smallest absolute Gasteiger partial charge is 0.133 e. The van der Waals surface area contributed by atoms with Gasteiger partial charge < -0.3 is 5.32 Å². The van der Waals surface area contributed by atoms with E-state index in [0.29, 0.717) is 0 Å². The predicted molar refractivity (Wildman–Crippen MR) is 73.6 cm³/mol. The van der Waals surface area contributed by atoms with Crippen LogP contribution in [0.3, 0.4) is 0 Å². The summed E-state index contributed by atoms with van der Waals surface area (Å²) in [6.07, 6.45) is 1.99. The molecule has 1 N–H and O–H groups in total. The van der Waals surface area contributed by atoms with Crippen LogP contribution in [0.4, 0.5) is 5.82 Å². The van der Waals surface area contributed by atoms with Gasteiger partial charge in [-0.3, -0.25) is 0 Å². The molecule has 0 aliphatic rings. The van der Waals surface area contributed by atoms with Gasteiger partial charge in [-0.05, 0) is 24.8 Å². The molecule has 0 spiro atoms. The topological polar surface area (TPSA) is 37.8 Å². The molecule has 0 unspecified atom stereocenters. The molecule has 2 rings (SSSR count). The van der Waals surface area contributed by atoms with Crippen molar-refractivity contribution in [2.24, 2.45) is 0 Å². The number of anilines is 1. The number of hydrogen-bond acceptors (Lipinski definition) is 4. The number of aromatic nitrogens is 2. The normalized spacial score (nSPS) is 10.5. The summed E-state index contributed by atoms with van der Waals surface area (Å²) in [5, 5.41) is 5.23. The minimum atomic E-state index is 0.922. The molecule has 4 heteroatoms. The molecule has 2 heterocycles. The van der Waals surface area contributed by atoms with E-state index in [-0.39, 0.29) is 0 Å². The van der Waals surface area contributed by atoms with E-state index in [0.717, 1.165) is 35.7 Å². The highest BCUT2D eigenvalue weighted by molar-refractivity contribution is 7.13. The first-order valence-electron chi connectivity index (χ1n) is 5.85. The van der Waals surface area contributed by atoms with Crippen molar-refractivity contribution in [3.05, 3.63) is 28.9 Å². The molecule has 0 fully saturated rings. The van der Waals surface area contributed by atoms with Gasteiger partial charge in [0, 0.05) is 19.0 Å². The highest BCUT2D eigenvalue weighted by Gasteiger charge is 2.11. The number of aryl methyl sites for hydroxylation is 1. The summed E-state index contributed by atoms with van der Waals surface area (Å²) in [5.74, 6) is 1.86. The number of nitrogens with one attached hydrogen (secondary N) is 1. The van der Waals surface area contributed by atoms with Crippen LogP contribution < -0.4 is 5.32 Å². The van der Waals surface area contributed by atoms with Crippen LogP contribution in [0.15, 0.2) is 17.5 Å².